The third kappa shape index (κ3) is 1.93. The zero-order chi connectivity index (χ0) is 11.8. The molecule has 2 aromatic rings. The highest BCUT2D eigenvalue weighted by Gasteiger charge is 2.23. The van der Waals surface area contributed by atoms with Gasteiger partial charge in [-0.3, -0.25) is 0 Å². The molecule has 3 rings (SSSR count). The lowest BCUT2D eigenvalue weighted by molar-refractivity contribution is 0.416. The fourth-order valence-electron chi connectivity index (χ4n) is 2.29. The largest absolute Gasteiger partial charge is 0.375 e. The second-order valence-electron chi connectivity index (χ2n) is 4.41. The van der Waals surface area contributed by atoms with Gasteiger partial charge in [0.25, 0.3) is 5.89 Å². The number of hydrogen-bond donors (Lipinski definition) is 1. The molecule has 0 unspecified atom stereocenters. The number of rotatable bonds is 2. The quantitative estimate of drug-likeness (QED) is 0.886. The highest BCUT2D eigenvalue weighted by atomic mass is 32.1. The average Bonchev–Trinajstić information content (AvgIpc) is 2.97. The van der Waals surface area contributed by atoms with Gasteiger partial charge in [0, 0.05) is 5.92 Å². The van der Waals surface area contributed by atoms with E-state index in [0.717, 1.165) is 16.4 Å². The summed E-state index contributed by atoms with van der Waals surface area (Å²) >= 11 is 1.39. The third-order valence-electron chi connectivity index (χ3n) is 3.17. The highest BCUT2D eigenvalue weighted by Crippen LogP contribution is 2.35. The predicted molar refractivity (Wildman–Crippen MR) is 65.8 cm³/mol. The fraction of sp³-hybridized carbons (Fsp3) is 0.545. The topological polar surface area (TPSA) is 77.8 Å². The molecule has 0 aliphatic heterocycles. The highest BCUT2D eigenvalue weighted by molar-refractivity contribution is 7.18. The van der Waals surface area contributed by atoms with E-state index in [1.807, 2.05) is 6.92 Å². The molecule has 6 heteroatoms. The molecule has 90 valence electrons. The van der Waals surface area contributed by atoms with Crippen LogP contribution in [0.15, 0.2) is 4.52 Å². The second kappa shape index (κ2) is 4.10. The van der Waals surface area contributed by atoms with E-state index in [9.17, 15) is 0 Å². The maximum Gasteiger partial charge on any atom is 0.270 e. The Morgan fingerprint density at radius 1 is 1.29 bits per heavy atom. The first kappa shape index (κ1) is 10.7. The van der Waals surface area contributed by atoms with Crippen molar-refractivity contribution in [2.75, 3.05) is 5.73 Å². The first-order valence-corrected chi connectivity index (χ1v) is 6.62. The summed E-state index contributed by atoms with van der Waals surface area (Å²) in [5, 5.41) is 4.62. The van der Waals surface area contributed by atoms with E-state index in [-0.39, 0.29) is 0 Å². The molecule has 1 aliphatic rings. The Morgan fingerprint density at radius 3 is 2.71 bits per heavy atom. The van der Waals surface area contributed by atoms with Crippen LogP contribution in [0.1, 0.15) is 43.1 Å². The SMILES string of the molecule is Cc1nc(N)sc1-c1nc(C2CCCC2)no1. The summed E-state index contributed by atoms with van der Waals surface area (Å²) in [6, 6.07) is 0. The minimum Gasteiger partial charge on any atom is -0.375 e. The molecule has 1 aliphatic carbocycles. The van der Waals surface area contributed by atoms with E-state index < -0.39 is 0 Å². The maximum absolute atomic E-state index is 5.66. The first-order valence-electron chi connectivity index (χ1n) is 5.81. The van der Waals surface area contributed by atoms with Gasteiger partial charge < -0.3 is 10.3 Å². The monoisotopic (exact) mass is 250 g/mol. The lowest BCUT2D eigenvalue weighted by atomic mass is 10.1. The van der Waals surface area contributed by atoms with Gasteiger partial charge in [0.15, 0.2) is 11.0 Å². The zero-order valence-electron chi connectivity index (χ0n) is 9.64. The Kier molecular flexibility index (Phi) is 2.58. The van der Waals surface area contributed by atoms with E-state index in [2.05, 4.69) is 15.1 Å². The van der Waals surface area contributed by atoms with Crippen LogP contribution in [0, 0.1) is 6.92 Å². The van der Waals surface area contributed by atoms with Crippen LogP contribution in [-0.2, 0) is 0 Å². The zero-order valence-corrected chi connectivity index (χ0v) is 10.5. The normalized spacial score (nSPS) is 16.8. The average molecular weight is 250 g/mol. The number of anilines is 1. The molecule has 5 nitrogen and oxygen atoms in total. The number of hydrogen-bond acceptors (Lipinski definition) is 6. The van der Waals surface area contributed by atoms with Crippen molar-refractivity contribution in [3.8, 4) is 10.8 Å². The summed E-state index contributed by atoms with van der Waals surface area (Å²) < 4.78 is 5.31. The molecule has 1 saturated carbocycles. The molecule has 2 N–H and O–H groups in total. The van der Waals surface area contributed by atoms with Crippen molar-refractivity contribution in [3.05, 3.63) is 11.5 Å². The number of nitrogen functional groups attached to an aromatic ring is 1. The fourth-order valence-corrected chi connectivity index (χ4v) is 3.05. The summed E-state index contributed by atoms with van der Waals surface area (Å²) in [6.45, 7) is 1.90. The van der Waals surface area contributed by atoms with Crippen LogP contribution in [0.5, 0.6) is 0 Å². The Balaban J connectivity index is 1.91. The predicted octanol–water partition coefficient (Wildman–Crippen LogP) is 2.74. The van der Waals surface area contributed by atoms with Crippen LogP contribution in [0.2, 0.25) is 0 Å². The first-order chi connectivity index (χ1) is 8.24. The molecule has 0 atom stereocenters. The summed E-state index contributed by atoms with van der Waals surface area (Å²) in [5.74, 6) is 1.86. The van der Waals surface area contributed by atoms with Gasteiger partial charge in [-0.05, 0) is 19.8 Å². The molecule has 1 fully saturated rings. The van der Waals surface area contributed by atoms with E-state index in [1.54, 1.807) is 0 Å². The summed E-state index contributed by atoms with van der Waals surface area (Å²) in [6.07, 6.45) is 4.87. The van der Waals surface area contributed by atoms with Crippen LogP contribution in [0.4, 0.5) is 5.13 Å². The summed E-state index contributed by atoms with van der Waals surface area (Å²) in [7, 11) is 0. The van der Waals surface area contributed by atoms with Gasteiger partial charge in [0.2, 0.25) is 0 Å². The molecule has 0 saturated heterocycles. The van der Waals surface area contributed by atoms with Crippen LogP contribution in [-0.4, -0.2) is 15.1 Å². The standard InChI is InChI=1S/C11H14N4OS/c1-6-8(17-11(12)13-6)10-14-9(15-16-10)7-4-2-3-5-7/h7H,2-5H2,1H3,(H2,12,13). The van der Waals surface area contributed by atoms with E-state index in [4.69, 9.17) is 10.3 Å². The van der Waals surface area contributed by atoms with Crippen molar-refractivity contribution >= 4 is 16.5 Å². The minimum atomic E-state index is 0.470. The van der Waals surface area contributed by atoms with Crippen LogP contribution in [0.25, 0.3) is 10.8 Å². The van der Waals surface area contributed by atoms with E-state index in [0.29, 0.717) is 16.9 Å². The van der Waals surface area contributed by atoms with Crippen molar-refractivity contribution in [2.45, 2.75) is 38.5 Å². The summed E-state index contributed by atoms with van der Waals surface area (Å²) in [4.78, 5) is 9.52. The Bertz CT molecular complexity index is 527. The van der Waals surface area contributed by atoms with Gasteiger partial charge in [-0.2, -0.15) is 4.98 Å². The van der Waals surface area contributed by atoms with Gasteiger partial charge >= 0.3 is 0 Å². The van der Waals surface area contributed by atoms with Crippen molar-refractivity contribution in [2.24, 2.45) is 0 Å². The molecule has 2 heterocycles. The molecule has 17 heavy (non-hydrogen) atoms. The second-order valence-corrected chi connectivity index (χ2v) is 5.44. The van der Waals surface area contributed by atoms with Crippen molar-refractivity contribution in [3.63, 3.8) is 0 Å². The van der Waals surface area contributed by atoms with Gasteiger partial charge in [-0.15, -0.1) is 0 Å². The smallest absolute Gasteiger partial charge is 0.270 e. The van der Waals surface area contributed by atoms with Crippen LogP contribution >= 0.6 is 11.3 Å². The van der Waals surface area contributed by atoms with Gasteiger partial charge in [0.1, 0.15) is 4.88 Å². The van der Waals surface area contributed by atoms with Crippen molar-refractivity contribution < 1.29 is 4.52 Å². The Hall–Kier alpha value is -1.43. The number of aromatic nitrogens is 3. The minimum absolute atomic E-state index is 0.470. The molecule has 0 aromatic carbocycles. The lowest BCUT2D eigenvalue weighted by Crippen LogP contribution is -1.94. The third-order valence-corrected chi connectivity index (χ3v) is 4.14. The number of thiazole rings is 1. The lowest BCUT2D eigenvalue weighted by Gasteiger charge is -1.99. The molecular formula is C11H14N4OS. The molecule has 0 radical (unpaired) electrons. The number of nitrogens with two attached hydrogens (primary N) is 1. The van der Waals surface area contributed by atoms with Crippen LogP contribution in [0.3, 0.4) is 0 Å². The Labute approximate surface area is 103 Å². The summed E-state index contributed by atoms with van der Waals surface area (Å²) in [5.41, 5.74) is 6.52. The van der Waals surface area contributed by atoms with E-state index >= 15 is 0 Å². The number of nitrogens with zero attached hydrogens (tertiary/aromatic N) is 3. The molecule has 0 spiro atoms. The van der Waals surface area contributed by atoms with Crippen molar-refractivity contribution in [1.29, 1.82) is 0 Å². The van der Waals surface area contributed by atoms with Gasteiger partial charge in [-0.1, -0.05) is 29.3 Å². The molecule has 0 bridgehead atoms. The molecule has 0 amide bonds. The molecule has 2 aromatic heterocycles. The molecular weight excluding hydrogens is 236 g/mol. The van der Waals surface area contributed by atoms with Gasteiger partial charge in [0.05, 0.1) is 5.69 Å². The van der Waals surface area contributed by atoms with E-state index in [1.165, 1.54) is 37.0 Å². The van der Waals surface area contributed by atoms with Gasteiger partial charge in [-0.25, -0.2) is 4.98 Å². The number of aryl methyl sites for hydroxylation is 1. The van der Waals surface area contributed by atoms with Crippen LogP contribution < -0.4 is 5.73 Å². The Morgan fingerprint density at radius 2 is 2.06 bits per heavy atom. The maximum atomic E-state index is 5.66. The van der Waals surface area contributed by atoms with Crippen molar-refractivity contribution in [1.82, 2.24) is 15.1 Å².